The molecule has 1 saturated heterocycles. The summed E-state index contributed by atoms with van der Waals surface area (Å²) in [4.78, 5) is 33.7. The van der Waals surface area contributed by atoms with Crippen molar-refractivity contribution in [3.63, 3.8) is 0 Å². The van der Waals surface area contributed by atoms with Crippen LogP contribution in [0.15, 0.2) is 45.6 Å². The van der Waals surface area contributed by atoms with Crippen molar-refractivity contribution in [2.24, 2.45) is 0 Å². The molecule has 170 valence electrons. The Morgan fingerprint density at radius 2 is 1.97 bits per heavy atom. The number of phenols is 1. The number of phosphoric ester groups is 1. The first-order valence-corrected chi connectivity index (χ1v) is 11.7. The van der Waals surface area contributed by atoms with Crippen LogP contribution >= 0.6 is 19.4 Å². The van der Waals surface area contributed by atoms with E-state index in [1.54, 1.807) is 24.3 Å². The minimum absolute atomic E-state index is 0.101. The van der Waals surface area contributed by atoms with E-state index in [1.165, 1.54) is 6.07 Å². The number of hydrogen-bond acceptors (Lipinski definition) is 7. The van der Waals surface area contributed by atoms with Crippen molar-refractivity contribution in [3.05, 3.63) is 57.2 Å². The Hall–Kier alpha value is -2.39. The number of hydrogen-bond donors (Lipinski definition) is 4. The number of β-amino-alcohol motifs (C(OH)–C–C–N with tert-alkyl or cyclic N) is 1. The maximum atomic E-state index is 12.9. The minimum Gasteiger partial charge on any atom is -0.507 e. The van der Waals surface area contributed by atoms with Gasteiger partial charge in [0.1, 0.15) is 28.2 Å². The van der Waals surface area contributed by atoms with Crippen molar-refractivity contribution >= 4 is 30.4 Å². The van der Waals surface area contributed by atoms with E-state index in [1.807, 2.05) is 11.9 Å². The van der Waals surface area contributed by atoms with Crippen molar-refractivity contribution < 1.29 is 33.5 Å². The van der Waals surface area contributed by atoms with Gasteiger partial charge in [0, 0.05) is 35.7 Å². The SMILES string of the molecule is CN1CCC(c2c(OP(=O)(O)O)cc(O)c3c(=O)cc(-c4ccccc4Cl)oc23)[C@H](O)C1. The summed E-state index contributed by atoms with van der Waals surface area (Å²) in [6, 6.07) is 8.83. The first-order valence-electron chi connectivity index (χ1n) is 9.75. The van der Waals surface area contributed by atoms with Crippen LogP contribution in [0.4, 0.5) is 0 Å². The fourth-order valence-electron chi connectivity index (χ4n) is 4.09. The van der Waals surface area contributed by atoms with Gasteiger partial charge in [-0.15, -0.1) is 0 Å². The number of halogens is 1. The van der Waals surface area contributed by atoms with E-state index in [9.17, 15) is 29.4 Å². The highest BCUT2D eigenvalue weighted by Gasteiger charge is 2.35. The lowest BCUT2D eigenvalue weighted by molar-refractivity contribution is 0.0632. The summed E-state index contributed by atoms with van der Waals surface area (Å²) in [6.45, 7) is 0.866. The Balaban J connectivity index is 2.05. The zero-order valence-corrected chi connectivity index (χ0v) is 18.6. The summed E-state index contributed by atoms with van der Waals surface area (Å²) in [5.41, 5.74) is -0.175. The second-order valence-electron chi connectivity index (χ2n) is 7.77. The van der Waals surface area contributed by atoms with Crippen LogP contribution in [0.2, 0.25) is 5.02 Å². The molecule has 0 radical (unpaired) electrons. The smallest absolute Gasteiger partial charge is 0.507 e. The zero-order chi connectivity index (χ0) is 23.2. The van der Waals surface area contributed by atoms with Gasteiger partial charge in [-0.3, -0.25) is 14.6 Å². The van der Waals surface area contributed by atoms with Crippen molar-refractivity contribution in [3.8, 4) is 22.8 Å². The minimum atomic E-state index is -5.03. The molecule has 2 aromatic carbocycles. The quantitative estimate of drug-likeness (QED) is 0.414. The average molecular weight is 482 g/mol. The van der Waals surface area contributed by atoms with Gasteiger partial charge >= 0.3 is 7.82 Å². The number of likely N-dealkylation sites (N-methyl/N-ethyl adjacent to an activating group) is 1. The van der Waals surface area contributed by atoms with Crippen LogP contribution in [-0.4, -0.2) is 51.1 Å². The number of aromatic hydroxyl groups is 1. The van der Waals surface area contributed by atoms with Crippen LogP contribution in [0, 0.1) is 0 Å². The Labute approximate surface area is 187 Å². The number of phenolic OH excluding ortho intramolecular Hbond substituents is 1. The summed E-state index contributed by atoms with van der Waals surface area (Å²) >= 11 is 6.26. The van der Waals surface area contributed by atoms with E-state index >= 15 is 0 Å². The van der Waals surface area contributed by atoms with Crippen molar-refractivity contribution in [2.45, 2.75) is 18.4 Å². The lowest BCUT2D eigenvalue weighted by Gasteiger charge is -2.34. The molecule has 0 bridgehead atoms. The molecule has 0 aliphatic carbocycles. The number of aliphatic hydroxyl groups excluding tert-OH is 1. The molecule has 1 unspecified atom stereocenters. The second-order valence-corrected chi connectivity index (χ2v) is 9.34. The molecule has 32 heavy (non-hydrogen) atoms. The highest BCUT2D eigenvalue weighted by Crippen LogP contribution is 2.48. The van der Waals surface area contributed by atoms with Crippen molar-refractivity contribution in [2.75, 3.05) is 20.1 Å². The third kappa shape index (κ3) is 4.41. The molecular formula is C21H21ClNO8P. The van der Waals surface area contributed by atoms with Crippen LogP contribution < -0.4 is 9.95 Å². The average Bonchev–Trinajstić information content (AvgIpc) is 2.68. The predicted molar refractivity (Wildman–Crippen MR) is 118 cm³/mol. The van der Waals surface area contributed by atoms with Gasteiger partial charge in [0.25, 0.3) is 0 Å². The number of fused-ring (bicyclic) bond motifs is 1. The van der Waals surface area contributed by atoms with Crippen molar-refractivity contribution in [1.82, 2.24) is 4.90 Å². The normalized spacial score (nSPS) is 19.9. The molecule has 0 amide bonds. The zero-order valence-electron chi connectivity index (χ0n) is 16.9. The van der Waals surface area contributed by atoms with Gasteiger partial charge in [-0.2, -0.15) is 0 Å². The number of benzene rings is 2. The summed E-state index contributed by atoms with van der Waals surface area (Å²) in [7, 11) is -3.20. The van der Waals surface area contributed by atoms with E-state index < -0.39 is 31.0 Å². The first kappa shape index (κ1) is 22.8. The third-order valence-corrected chi connectivity index (χ3v) is 6.26. The summed E-state index contributed by atoms with van der Waals surface area (Å²) in [5, 5.41) is 21.4. The number of likely N-dealkylation sites (tertiary alicyclic amines) is 1. The molecule has 1 aromatic heterocycles. The molecule has 4 rings (SSSR count). The number of piperidine rings is 1. The molecular weight excluding hydrogens is 461 g/mol. The Bertz CT molecular complexity index is 1290. The summed E-state index contributed by atoms with van der Waals surface area (Å²) < 4.78 is 22.5. The number of nitrogens with zero attached hydrogens (tertiary/aromatic N) is 1. The molecule has 0 spiro atoms. The van der Waals surface area contributed by atoms with Gasteiger partial charge < -0.3 is 24.1 Å². The van der Waals surface area contributed by atoms with Crippen LogP contribution in [-0.2, 0) is 4.57 Å². The lowest BCUT2D eigenvalue weighted by Crippen LogP contribution is -2.40. The largest absolute Gasteiger partial charge is 0.524 e. The molecule has 2 atom stereocenters. The van der Waals surface area contributed by atoms with Gasteiger partial charge in [-0.05, 0) is 32.1 Å². The Kier molecular flexibility index (Phi) is 6.06. The molecule has 0 saturated carbocycles. The number of phosphoric acid groups is 1. The predicted octanol–water partition coefficient (Wildman–Crippen LogP) is 3.07. The molecule has 1 fully saturated rings. The first-order chi connectivity index (χ1) is 15.0. The molecule has 4 N–H and O–H groups in total. The molecule has 2 heterocycles. The van der Waals surface area contributed by atoms with Gasteiger partial charge in [0.2, 0.25) is 0 Å². The van der Waals surface area contributed by atoms with E-state index in [2.05, 4.69) is 0 Å². The molecule has 1 aliphatic heterocycles. The topological polar surface area (TPSA) is 141 Å². The highest BCUT2D eigenvalue weighted by atomic mass is 35.5. The highest BCUT2D eigenvalue weighted by molar-refractivity contribution is 7.46. The van der Waals surface area contributed by atoms with E-state index in [0.717, 1.165) is 6.07 Å². The van der Waals surface area contributed by atoms with Gasteiger partial charge in [-0.1, -0.05) is 23.7 Å². The van der Waals surface area contributed by atoms with E-state index in [0.29, 0.717) is 23.6 Å². The monoisotopic (exact) mass is 481 g/mol. The second kappa shape index (κ2) is 8.51. The Morgan fingerprint density at radius 1 is 1.25 bits per heavy atom. The van der Waals surface area contributed by atoms with E-state index in [4.69, 9.17) is 20.5 Å². The van der Waals surface area contributed by atoms with E-state index in [-0.39, 0.29) is 34.6 Å². The van der Waals surface area contributed by atoms with Crippen molar-refractivity contribution in [1.29, 1.82) is 0 Å². The van der Waals surface area contributed by atoms with Gasteiger partial charge in [0.15, 0.2) is 5.43 Å². The standard InChI is InChI=1S/C21H21ClNO8P/c1-23-7-6-12(16(26)10-23)19-18(31-32(27,28)29)9-15(25)20-14(24)8-17(30-21(19)20)11-4-2-3-5-13(11)22/h2-5,8-9,12,16,25-26H,6-7,10H2,1H3,(H2,27,28,29)/t12?,16-/m1/s1. The maximum absolute atomic E-state index is 12.9. The van der Waals surface area contributed by atoms with Crippen LogP contribution in [0.5, 0.6) is 11.5 Å². The molecule has 1 aliphatic rings. The molecule has 9 nitrogen and oxygen atoms in total. The van der Waals surface area contributed by atoms with Crippen LogP contribution in [0.3, 0.4) is 0 Å². The number of rotatable bonds is 4. The molecule has 11 heteroatoms. The lowest BCUT2D eigenvalue weighted by atomic mass is 9.85. The van der Waals surface area contributed by atoms with Gasteiger partial charge in [-0.25, -0.2) is 4.57 Å². The number of aliphatic hydroxyl groups is 1. The fourth-order valence-corrected chi connectivity index (χ4v) is 4.72. The third-order valence-electron chi connectivity index (χ3n) is 5.49. The summed E-state index contributed by atoms with van der Waals surface area (Å²) in [5.74, 6) is -1.49. The maximum Gasteiger partial charge on any atom is 0.524 e. The fraction of sp³-hybridized carbons (Fsp3) is 0.286. The Morgan fingerprint density at radius 3 is 2.62 bits per heavy atom. The van der Waals surface area contributed by atoms with Crippen LogP contribution in [0.25, 0.3) is 22.3 Å². The summed E-state index contributed by atoms with van der Waals surface area (Å²) in [6.07, 6.45) is -0.537. The van der Waals surface area contributed by atoms with Crippen LogP contribution in [0.1, 0.15) is 17.9 Å². The van der Waals surface area contributed by atoms with Gasteiger partial charge in [0.05, 0.1) is 11.1 Å². The molecule has 3 aromatic rings.